The number of nitrogens with one attached hydrogen (secondary N) is 1. The second-order valence-electron chi connectivity index (χ2n) is 3.75. The number of carbonyl (C=O) groups is 1. The fraction of sp³-hybridized carbons (Fsp3) is 0.417. The van der Waals surface area contributed by atoms with E-state index in [4.69, 9.17) is 18.9 Å². The van der Waals surface area contributed by atoms with Crippen molar-refractivity contribution < 1.29 is 23.7 Å². The number of hydrogen-bond donors (Lipinski definition) is 1. The zero-order valence-corrected chi connectivity index (χ0v) is 10.5. The van der Waals surface area contributed by atoms with Crippen LogP contribution in [0.2, 0.25) is 0 Å². The summed E-state index contributed by atoms with van der Waals surface area (Å²) in [7, 11) is 3.09. The van der Waals surface area contributed by atoms with Gasteiger partial charge in [-0.2, -0.15) is 0 Å². The molecular weight excluding hydrogens is 238 g/mol. The number of methoxy groups -OCH3 is 2. The van der Waals surface area contributed by atoms with E-state index < -0.39 is 0 Å². The maximum atomic E-state index is 11.0. The van der Waals surface area contributed by atoms with Crippen LogP contribution in [0.4, 0.5) is 0 Å². The lowest BCUT2D eigenvalue weighted by molar-refractivity contribution is -0.119. The highest BCUT2D eigenvalue weighted by Gasteiger charge is 2.26. The van der Waals surface area contributed by atoms with Gasteiger partial charge in [0.05, 0.1) is 14.2 Å². The molecule has 1 amide bonds. The van der Waals surface area contributed by atoms with Gasteiger partial charge in [0.25, 0.3) is 0 Å². The Morgan fingerprint density at radius 3 is 2.67 bits per heavy atom. The van der Waals surface area contributed by atoms with Crippen molar-refractivity contribution in [2.24, 2.45) is 0 Å². The zero-order chi connectivity index (χ0) is 13.1. The second-order valence-corrected chi connectivity index (χ2v) is 3.75. The predicted octanol–water partition coefficient (Wildman–Crippen LogP) is 1.07. The van der Waals surface area contributed by atoms with Crippen LogP contribution in [-0.4, -0.2) is 26.9 Å². The quantitative estimate of drug-likeness (QED) is 0.869. The van der Waals surface area contributed by atoms with Gasteiger partial charge in [-0.15, -0.1) is 0 Å². The van der Waals surface area contributed by atoms with Crippen molar-refractivity contribution in [2.75, 3.05) is 21.0 Å². The Morgan fingerprint density at radius 1 is 1.33 bits per heavy atom. The van der Waals surface area contributed by atoms with E-state index in [0.717, 1.165) is 5.56 Å². The monoisotopic (exact) mass is 253 g/mol. The van der Waals surface area contributed by atoms with E-state index in [1.807, 2.05) is 0 Å². The van der Waals surface area contributed by atoms with Crippen LogP contribution < -0.4 is 24.3 Å². The minimum absolute atomic E-state index is 0.117. The normalized spacial score (nSPS) is 12.2. The molecule has 0 aromatic heterocycles. The van der Waals surface area contributed by atoms with Crippen LogP contribution in [0.1, 0.15) is 12.5 Å². The topological polar surface area (TPSA) is 66.0 Å². The molecule has 0 aliphatic carbocycles. The minimum atomic E-state index is -0.117. The van der Waals surface area contributed by atoms with Gasteiger partial charge in [-0.05, 0) is 6.07 Å². The van der Waals surface area contributed by atoms with E-state index in [2.05, 4.69) is 5.32 Å². The van der Waals surface area contributed by atoms with Gasteiger partial charge in [-0.3, -0.25) is 4.79 Å². The maximum absolute atomic E-state index is 11.0. The Hall–Kier alpha value is -2.11. The van der Waals surface area contributed by atoms with E-state index >= 15 is 0 Å². The lowest BCUT2D eigenvalue weighted by Gasteiger charge is -2.13. The van der Waals surface area contributed by atoms with Gasteiger partial charge in [0, 0.05) is 19.0 Å². The number of ether oxygens (including phenoxy) is 4. The number of rotatable bonds is 4. The zero-order valence-electron chi connectivity index (χ0n) is 10.5. The lowest BCUT2D eigenvalue weighted by atomic mass is 10.1. The molecule has 2 rings (SSSR count). The molecule has 18 heavy (non-hydrogen) atoms. The molecule has 1 aromatic carbocycles. The maximum Gasteiger partial charge on any atom is 0.231 e. The molecule has 0 spiro atoms. The molecule has 0 saturated heterocycles. The summed E-state index contributed by atoms with van der Waals surface area (Å²) in [4.78, 5) is 11.0. The van der Waals surface area contributed by atoms with Crippen molar-refractivity contribution in [2.45, 2.75) is 13.5 Å². The van der Waals surface area contributed by atoms with Crippen molar-refractivity contribution in [3.63, 3.8) is 0 Å². The van der Waals surface area contributed by atoms with Crippen LogP contribution in [-0.2, 0) is 11.3 Å². The van der Waals surface area contributed by atoms with Crippen molar-refractivity contribution in [3.05, 3.63) is 11.6 Å². The molecule has 6 heteroatoms. The molecule has 6 nitrogen and oxygen atoms in total. The van der Waals surface area contributed by atoms with Gasteiger partial charge >= 0.3 is 0 Å². The number of fused-ring (bicyclic) bond motifs is 1. The highest BCUT2D eigenvalue weighted by molar-refractivity contribution is 5.73. The summed E-state index contributed by atoms with van der Waals surface area (Å²) in [6, 6.07) is 1.77. The molecule has 0 bridgehead atoms. The van der Waals surface area contributed by atoms with Crippen LogP contribution in [0.3, 0.4) is 0 Å². The lowest BCUT2D eigenvalue weighted by Crippen LogP contribution is -2.19. The first-order valence-corrected chi connectivity index (χ1v) is 5.45. The molecule has 1 aliphatic rings. The first-order chi connectivity index (χ1) is 8.67. The van der Waals surface area contributed by atoms with Gasteiger partial charge in [0.2, 0.25) is 24.2 Å². The SMILES string of the molecule is COc1cc(CNC(C)=O)c(OC)c2c1OCO2. The summed E-state index contributed by atoms with van der Waals surface area (Å²) in [6.07, 6.45) is 0. The van der Waals surface area contributed by atoms with Crippen LogP contribution in [0.15, 0.2) is 6.07 Å². The largest absolute Gasteiger partial charge is 0.493 e. The summed E-state index contributed by atoms with van der Waals surface area (Å²) < 4.78 is 21.2. The van der Waals surface area contributed by atoms with Crippen molar-refractivity contribution >= 4 is 5.91 Å². The van der Waals surface area contributed by atoms with Crippen LogP contribution >= 0.6 is 0 Å². The fourth-order valence-electron chi connectivity index (χ4n) is 1.79. The second kappa shape index (κ2) is 5.03. The van der Waals surface area contributed by atoms with Crippen molar-refractivity contribution in [3.8, 4) is 23.0 Å². The summed E-state index contributed by atoms with van der Waals surface area (Å²) in [6.45, 7) is 1.92. The fourth-order valence-corrected chi connectivity index (χ4v) is 1.79. The van der Waals surface area contributed by atoms with Crippen LogP contribution in [0.25, 0.3) is 0 Å². The average molecular weight is 253 g/mol. The molecule has 0 radical (unpaired) electrons. The standard InChI is InChI=1S/C12H15NO5/c1-7(14)13-5-8-4-9(15-2)11-12(10(8)16-3)18-6-17-11/h4H,5-6H2,1-3H3,(H,13,14). The Labute approximate surface area is 105 Å². The third-order valence-corrected chi connectivity index (χ3v) is 2.59. The van der Waals surface area contributed by atoms with Gasteiger partial charge in [-0.25, -0.2) is 0 Å². The van der Waals surface area contributed by atoms with Gasteiger partial charge in [0.15, 0.2) is 11.5 Å². The molecular formula is C12H15NO5. The van der Waals surface area contributed by atoms with Crippen molar-refractivity contribution in [1.29, 1.82) is 0 Å². The molecule has 1 N–H and O–H groups in total. The molecule has 1 heterocycles. The highest BCUT2D eigenvalue weighted by Crippen LogP contribution is 2.49. The molecule has 0 fully saturated rings. The Bertz CT molecular complexity index is 472. The number of amides is 1. The van der Waals surface area contributed by atoms with E-state index in [1.54, 1.807) is 20.3 Å². The summed E-state index contributed by atoms with van der Waals surface area (Å²) in [5.74, 6) is 2.03. The van der Waals surface area contributed by atoms with Gasteiger partial charge in [0.1, 0.15) is 0 Å². The summed E-state index contributed by atoms with van der Waals surface area (Å²) in [5, 5.41) is 2.71. The molecule has 0 unspecified atom stereocenters. The van der Waals surface area contributed by atoms with E-state index in [0.29, 0.717) is 29.5 Å². The minimum Gasteiger partial charge on any atom is -0.493 e. The molecule has 0 atom stereocenters. The third kappa shape index (κ3) is 2.13. The average Bonchev–Trinajstić information content (AvgIpc) is 2.83. The molecule has 98 valence electrons. The van der Waals surface area contributed by atoms with E-state index in [1.165, 1.54) is 6.92 Å². The highest BCUT2D eigenvalue weighted by atomic mass is 16.7. The van der Waals surface area contributed by atoms with Gasteiger partial charge in [-0.1, -0.05) is 0 Å². The van der Waals surface area contributed by atoms with Crippen LogP contribution in [0, 0.1) is 0 Å². The Morgan fingerprint density at radius 2 is 2.06 bits per heavy atom. The van der Waals surface area contributed by atoms with E-state index in [9.17, 15) is 4.79 Å². The number of carbonyl (C=O) groups excluding carboxylic acids is 1. The number of benzene rings is 1. The summed E-state index contributed by atoms with van der Waals surface area (Å²) >= 11 is 0. The molecule has 1 aromatic rings. The predicted molar refractivity (Wildman–Crippen MR) is 63.2 cm³/mol. The smallest absolute Gasteiger partial charge is 0.231 e. The first-order valence-electron chi connectivity index (χ1n) is 5.45. The van der Waals surface area contributed by atoms with E-state index in [-0.39, 0.29) is 12.7 Å². The number of hydrogen-bond acceptors (Lipinski definition) is 5. The third-order valence-electron chi connectivity index (χ3n) is 2.59. The van der Waals surface area contributed by atoms with Crippen molar-refractivity contribution in [1.82, 2.24) is 5.32 Å². The van der Waals surface area contributed by atoms with Gasteiger partial charge < -0.3 is 24.3 Å². The van der Waals surface area contributed by atoms with Crippen LogP contribution in [0.5, 0.6) is 23.0 Å². The first kappa shape index (κ1) is 12.3. The summed E-state index contributed by atoms with van der Waals surface area (Å²) in [5.41, 5.74) is 0.772. The molecule has 0 saturated carbocycles. The Balaban J connectivity index is 2.41. The Kier molecular flexibility index (Phi) is 3.45. The molecule has 1 aliphatic heterocycles.